The highest BCUT2D eigenvalue weighted by Crippen LogP contribution is 2.18. The van der Waals surface area contributed by atoms with Crippen LogP contribution in [0.15, 0.2) is 29.2 Å². The number of carbonyl (C=O) groups excluding carboxylic acids is 1. The van der Waals surface area contributed by atoms with Crippen LogP contribution < -0.4 is 5.32 Å². The van der Waals surface area contributed by atoms with Gasteiger partial charge in [0.15, 0.2) is 0 Å². The molecule has 4 nitrogen and oxygen atoms in total. The molecule has 1 saturated heterocycles. The van der Waals surface area contributed by atoms with Crippen molar-refractivity contribution in [1.29, 1.82) is 0 Å². The van der Waals surface area contributed by atoms with Gasteiger partial charge < -0.3 is 15.2 Å². The molecular formula is C13H17NO3S. The van der Waals surface area contributed by atoms with Gasteiger partial charge in [0, 0.05) is 30.0 Å². The Morgan fingerprint density at radius 3 is 2.78 bits per heavy atom. The largest absolute Gasteiger partial charge is 0.386 e. The molecule has 1 heterocycles. The number of ether oxygens (including phenoxy) is 1. The van der Waals surface area contributed by atoms with Gasteiger partial charge in [-0.25, -0.2) is 0 Å². The average Bonchev–Trinajstić information content (AvgIpc) is 2.83. The highest BCUT2D eigenvalue weighted by atomic mass is 32.2. The van der Waals surface area contributed by atoms with Gasteiger partial charge in [0.25, 0.3) is 5.91 Å². The van der Waals surface area contributed by atoms with Crippen molar-refractivity contribution in [3.63, 3.8) is 0 Å². The predicted molar refractivity (Wildman–Crippen MR) is 70.9 cm³/mol. The molecule has 0 radical (unpaired) electrons. The van der Waals surface area contributed by atoms with Crippen molar-refractivity contribution in [2.75, 3.05) is 26.0 Å². The van der Waals surface area contributed by atoms with E-state index in [2.05, 4.69) is 5.32 Å². The third-order valence-corrected chi connectivity index (χ3v) is 3.76. The van der Waals surface area contributed by atoms with E-state index in [0.29, 0.717) is 25.2 Å². The molecule has 1 fully saturated rings. The number of thioether (sulfide) groups is 1. The van der Waals surface area contributed by atoms with Gasteiger partial charge in [0.05, 0.1) is 6.61 Å². The molecule has 0 aromatic heterocycles. The fourth-order valence-corrected chi connectivity index (χ4v) is 2.23. The molecule has 1 aromatic carbocycles. The van der Waals surface area contributed by atoms with Crippen molar-refractivity contribution in [2.24, 2.45) is 0 Å². The number of amides is 1. The van der Waals surface area contributed by atoms with Crippen LogP contribution in [-0.2, 0) is 4.74 Å². The minimum Gasteiger partial charge on any atom is -0.386 e. The van der Waals surface area contributed by atoms with Crippen molar-refractivity contribution >= 4 is 17.7 Å². The summed E-state index contributed by atoms with van der Waals surface area (Å²) in [4.78, 5) is 13.0. The van der Waals surface area contributed by atoms with Gasteiger partial charge in [0.2, 0.25) is 0 Å². The quantitative estimate of drug-likeness (QED) is 0.807. The van der Waals surface area contributed by atoms with E-state index in [4.69, 9.17) is 4.74 Å². The van der Waals surface area contributed by atoms with Crippen LogP contribution in [0, 0.1) is 0 Å². The molecule has 1 aromatic rings. The molecular weight excluding hydrogens is 250 g/mol. The van der Waals surface area contributed by atoms with Crippen molar-refractivity contribution in [2.45, 2.75) is 16.9 Å². The maximum absolute atomic E-state index is 11.9. The smallest absolute Gasteiger partial charge is 0.251 e. The lowest BCUT2D eigenvalue weighted by Crippen LogP contribution is -2.43. The zero-order chi connectivity index (χ0) is 13.0. The summed E-state index contributed by atoms with van der Waals surface area (Å²) >= 11 is 1.63. The Kier molecular flexibility index (Phi) is 4.27. The van der Waals surface area contributed by atoms with Gasteiger partial charge >= 0.3 is 0 Å². The van der Waals surface area contributed by atoms with Crippen LogP contribution in [0.4, 0.5) is 0 Å². The first kappa shape index (κ1) is 13.4. The summed E-state index contributed by atoms with van der Waals surface area (Å²) in [6.07, 6.45) is 2.56. The molecule has 98 valence electrons. The van der Waals surface area contributed by atoms with Crippen LogP contribution in [0.5, 0.6) is 0 Å². The molecule has 1 unspecified atom stereocenters. The van der Waals surface area contributed by atoms with E-state index >= 15 is 0 Å². The summed E-state index contributed by atoms with van der Waals surface area (Å²) in [6, 6.07) is 7.40. The van der Waals surface area contributed by atoms with Gasteiger partial charge in [-0.15, -0.1) is 11.8 Å². The summed E-state index contributed by atoms with van der Waals surface area (Å²) in [6.45, 7) is 1.07. The lowest BCUT2D eigenvalue weighted by Gasteiger charge is -2.20. The molecule has 1 amide bonds. The Morgan fingerprint density at radius 2 is 2.22 bits per heavy atom. The Hall–Kier alpha value is -1.04. The van der Waals surface area contributed by atoms with Crippen molar-refractivity contribution in [1.82, 2.24) is 5.32 Å². The number of rotatable bonds is 4. The molecule has 2 rings (SSSR count). The van der Waals surface area contributed by atoms with E-state index in [0.717, 1.165) is 4.90 Å². The lowest BCUT2D eigenvalue weighted by molar-refractivity contribution is 0.0264. The Morgan fingerprint density at radius 1 is 1.50 bits per heavy atom. The number of carbonyl (C=O) groups is 1. The van der Waals surface area contributed by atoms with Gasteiger partial charge in [-0.2, -0.15) is 0 Å². The zero-order valence-electron chi connectivity index (χ0n) is 10.3. The van der Waals surface area contributed by atoms with Gasteiger partial charge in [-0.1, -0.05) is 0 Å². The first-order chi connectivity index (χ1) is 8.63. The molecule has 2 N–H and O–H groups in total. The Balaban J connectivity index is 1.90. The molecule has 1 aliphatic rings. The van der Waals surface area contributed by atoms with Crippen LogP contribution in [-0.4, -0.2) is 42.6 Å². The van der Waals surface area contributed by atoms with Crippen molar-refractivity contribution < 1.29 is 14.6 Å². The summed E-state index contributed by atoms with van der Waals surface area (Å²) in [7, 11) is 0. The van der Waals surface area contributed by atoms with Gasteiger partial charge in [-0.3, -0.25) is 4.79 Å². The maximum Gasteiger partial charge on any atom is 0.251 e. The number of aliphatic hydroxyl groups is 1. The van der Waals surface area contributed by atoms with E-state index in [1.807, 2.05) is 18.4 Å². The SMILES string of the molecule is CSc1ccc(C(=O)NCC2(O)CCOC2)cc1. The maximum atomic E-state index is 11.9. The summed E-state index contributed by atoms with van der Waals surface area (Å²) in [5.74, 6) is -0.164. The topological polar surface area (TPSA) is 58.6 Å². The van der Waals surface area contributed by atoms with Crippen molar-refractivity contribution in [3.05, 3.63) is 29.8 Å². The monoisotopic (exact) mass is 267 g/mol. The van der Waals surface area contributed by atoms with Crippen LogP contribution in [0.2, 0.25) is 0 Å². The first-order valence-corrected chi connectivity index (χ1v) is 7.08. The number of benzene rings is 1. The highest BCUT2D eigenvalue weighted by molar-refractivity contribution is 7.98. The number of hydrogen-bond acceptors (Lipinski definition) is 4. The standard InChI is InChI=1S/C13H17NO3S/c1-18-11-4-2-10(3-5-11)12(15)14-8-13(16)6-7-17-9-13/h2-5,16H,6-9H2,1H3,(H,14,15). The van der Waals surface area contributed by atoms with Gasteiger partial charge in [0.1, 0.15) is 5.60 Å². The van der Waals surface area contributed by atoms with E-state index < -0.39 is 5.60 Å². The summed E-state index contributed by atoms with van der Waals surface area (Å²) in [5, 5.41) is 12.8. The molecule has 0 saturated carbocycles. The van der Waals surface area contributed by atoms with Gasteiger partial charge in [-0.05, 0) is 30.5 Å². The zero-order valence-corrected chi connectivity index (χ0v) is 11.1. The molecule has 0 aliphatic carbocycles. The lowest BCUT2D eigenvalue weighted by atomic mass is 10.0. The normalized spacial score (nSPS) is 23.0. The minimum absolute atomic E-state index is 0.164. The van der Waals surface area contributed by atoms with Crippen LogP contribution in [0.3, 0.4) is 0 Å². The Bertz CT molecular complexity index is 413. The van der Waals surface area contributed by atoms with Crippen molar-refractivity contribution in [3.8, 4) is 0 Å². The molecule has 1 aliphatic heterocycles. The molecule has 18 heavy (non-hydrogen) atoms. The third-order valence-electron chi connectivity index (χ3n) is 3.01. The Labute approximate surface area is 111 Å². The second kappa shape index (κ2) is 5.73. The second-order valence-corrected chi connectivity index (χ2v) is 5.32. The first-order valence-electron chi connectivity index (χ1n) is 5.85. The van der Waals surface area contributed by atoms with E-state index in [-0.39, 0.29) is 12.5 Å². The highest BCUT2D eigenvalue weighted by Gasteiger charge is 2.32. The number of hydrogen-bond donors (Lipinski definition) is 2. The average molecular weight is 267 g/mol. The third kappa shape index (κ3) is 3.25. The van der Waals surface area contributed by atoms with E-state index in [1.165, 1.54) is 0 Å². The van der Waals surface area contributed by atoms with Crippen LogP contribution in [0.25, 0.3) is 0 Å². The molecule has 5 heteroatoms. The molecule has 0 spiro atoms. The summed E-state index contributed by atoms with van der Waals surface area (Å²) < 4.78 is 5.12. The predicted octanol–water partition coefficient (Wildman–Crippen LogP) is 1.29. The van der Waals surface area contributed by atoms with E-state index in [1.54, 1.807) is 23.9 Å². The van der Waals surface area contributed by atoms with Crippen LogP contribution in [0.1, 0.15) is 16.8 Å². The van der Waals surface area contributed by atoms with E-state index in [9.17, 15) is 9.90 Å². The molecule has 1 atom stereocenters. The second-order valence-electron chi connectivity index (χ2n) is 4.44. The minimum atomic E-state index is -0.908. The fraction of sp³-hybridized carbons (Fsp3) is 0.462. The number of nitrogens with one attached hydrogen (secondary N) is 1. The molecule has 0 bridgehead atoms. The fourth-order valence-electron chi connectivity index (χ4n) is 1.83. The summed E-state index contributed by atoms with van der Waals surface area (Å²) in [5.41, 5.74) is -0.301. The van der Waals surface area contributed by atoms with Crippen LogP contribution >= 0.6 is 11.8 Å².